The number of halogens is 1. The Morgan fingerprint density at radius 1 is 1.20 bits per heavy atom. The lowest BCUT2D eigenvalue weighted by Gasteiger charge is -2.14. The summed E-state index contributed by atoms with van der Waals surface area (Å²) in [4.78, 5) is 4.06. The van der Waals surface area contributed by atoms with Crippen LogP contribution in [0.1, 0.15) is 22.3 Å². The maximum absolute atomic E-state index is 13.3. The topological polar surface area (TPSA) is 34.2 Å². The van der Waals surface area contributed by atoms with Crippen LogP contribution < -0.4 is 10.1 Å². The average molecular weight is 274 g/mol. The molecular weight excluding hydrogens is 255 g/mol. The van der Waals surface area contributed by atoms with Gasteiger partial charge in [0.25, 0.3) is 0 Å². The molecule has 0 aliphatic heterocycles. The first-order valence-corrected chi connectivity index (χ1v) is 6.56. The Bertz CT molecular complexity index is 626. The summed E-state index contributed by atoms with van der Waals surface area (Å²) in [7, 11) is 1.80. The molecule has 0 radical (unpaired) electrons. The number of aromatic nitrogens is 1. The molecule has 0 saturated carbocycles. The predicted molar refractivity (Wildman–Crippen MR) is 77.7 cm³/mol. The van der Waals surface area contributed by atoms with E-state index in [1.165, 1.54) is 12.3 Å². The summed E-state index contributed by atoms with van der Waals surface area (Å²) in [5, 5.41) is 2.99. The summed E-state index contributed by atoms with van der Waals surface area (Å²) in [5.41, 5.74) is 4.06. The lowest BCUT2D eigenvalue weighted by atomic mass is 10.1. The number of benzene rings is 1. The Hall–Kier alpha value is -1.94. The minimum Gasteiger partial charge on any atom is -0.438 e. The molecular formula is C16H19FN2O. The molecule has 1 N–H and O–H groups in total. The molecule has 0 bridgehead atoms. The Morgan fingerprint density at radius 2 is 1.95 bits per heavy atom. The van der Waals surface area contributed by atoms with Gasteiger partial charge in [0.05, 0.1) is 6.20 Å². The molecule has 0 saturated heterocycles. The molecule has 106 valence electrons. The number of pyridine rings is 1. The molecule has 0 amide bonds. The van der Waals surface area contributed by atoms with Gasteiger partial charge in [-0.2, -0.15) is 0 Å². The van der Waals surface area contributed by atoms with E-state index in [0.29, 0.717) is 18.0 Å². The first-order chi connectivity index (χ1) is 9.51. The van der Waals surface area contributed by atoms with Crippen LogP contribution >= 0.6 is 0 Å². The lowest BCUT2D eigenvalue weighted by Crippen LogP contribution is -2.08. The maximum atomic E-state index is 13.3. The van der Waals surface area contributed by atoms with E-state index >= 15 is 0 Å². The van der Waals surface area contributed by atoms with Crippen LogP contribution in [0, 0.1) is 26.6 Å². The zero-order chi connectivity index (χ0) is 14.7. The Morgan fingerprint density at radius 3 is 2.65 bits per heavy atom. The van der Waals surface area contributed by atoms with E-state index in [9.17, 15) is 4.39 Å². The summed E-state index contributed by atoms with van der Waals surface area (Å²) in [6, 6.07) is 5.52. The van der Waals surface area contributed by atoms with Gasteiger partial charge in [-0.3, -0.25) is 0 Å². The van der Waals surface area contributed by atoms with Gasteiger partial charge in [-0.05, 0) is 56.6 Å². The second-order valence-electron chi connectivity index (χ2n) is 4.96. The number of ether oxygens (including phenoxy) is 1. The van der Waals surface area contributed by atoms with Gasteiger partial charge in [-0.25, -0.2) is 9.37 Å². The van der Waals surface area contributed by atoms with Gasteiger partial charge in [0.1, 0.15) is 11.6 Å². The number of nitrogens with zero attached hydrogens (tertiary/aromatic N) is 1. The third-order valence-corrected chi connectivity index (χ3v) is 3.23. The van der Waals surface area contributed by atoms with Crippen LogP contribution in [-0.2, 0) is 6.54 Å². The van der Waals surface area contributed by atoms with E-state index in [2.05, 4.69) is 16.4 Å². The van der Waals surface area contributed by atoms with E-state index < -0.39 is 0 Å². The molecule has 0 atom stereocenters. The number of aryl methyl sites for hydroxylation is 2. The van der Waals surface area contributed by atoms with Crippen LogP contribution in [0.5, 0.6) is 11.6 Å². The number of hydrogen-bond acceptors (Lipinski definition) is 3. The maximum Gasteiger partial charge on any atom is 0.223 e. The van der Waals surface area contributed by atoms with Gasteiger partial charge in [0.2, 0.25) is 5.88 Å². The van der Waals surface area contributed by atoms with Crippen molar-refractivity contribution in [1.82, 2.24) is 10.3 Å². The Labute approximate surface area is 118 Å². The predicted octanol–water partition coefficient (Wildman–Crippen LogP) is 3.66. The monoisotopic (exact) mass is 274 g/mol. The standard InChI is InChI=1S/C16H19FN2O/c1-10-5-11(2)12(3)15(6-10)20-16-13(8-18-4)7-14(17)9-19-16/h5-7,9,18H,8H2,1-4H3. The fraction of sp³-hybridized carbons (Fsp3) is 0.312. The van der Waals surface area contributed by atoms with Gasteiger partial charge >= 0.3 is 0 Å². The van der Waals surface area contributed by atoms with Gasteiger partial charge in [0.15, 0.2) is 0 Å². The number of rotatable bonds is 4. The van der Waals surface area contributed by atoms with Crippen LogP contribution in [0.15, 0.2) is 24.4 Å². The van der Waals surface area contributed by atoms with Crippen LogP contribution in [0.25, 0.3) is 0 Å². The smallest absolute Gasteiger partial charge is 0.223 e. The third kappa shape index (κ3) is 3.14. The highest BCUT2D eigenvalue weighted by molar-refractivity contribution is 5.44. The summed E-state index contributed by atoms with van der Waals surface area (Å²) in [6.07, 6.45) is 1.17. The van der Waals surface area contributed by atoms with Gasteiger partial charge in [-0.15, -0.1) is 0 Å². The fourth-order valence-electron chi connectivity index (χ4n) is 2.09. The van der Waals surface area contributed by atoms with Crippen molar-refractivity contribution >= 4 is 0 Å². The van der Waals surface area contributed by atoms with Crippen molar-refractivity contribution in [2.24, 2.45) is 0 Å². The average Bonchev–Trinajstić information content (AvgIpc) is 2.38. The minimum atomic E-state index is -0.361. The molecule has 2 aromatic rings. The van der Waals surface area contributed by atoms with Crippen molar-refractivity contribution in [2.45, 2.75) is 27.3 Å². The first-order valence-electron chi connectivity index (χ1n) is 6.56. The molecule has 0 aliphatic rings. The highest BCUT2D eigenvalue weighted by Gasteiger charge is 2.11. The highest BCUT2D eigenvalue weighted by atomic mass is 19.1. The lowest BCUT2D eigenvalue weighted by molar-refractivity contribution is 0.446. The summed E-state index contributed by atoms with van der Waals surface area (Å²) in [5.74, 6) is 0.840. The van der Waals surface area contributed by atoms with Crippen molar-refractivity contribution in [1.29, 1.82) is 0 Å². The normalized spacial score (nSPS) is 10.7. The SMILES string of the molecule is CNCc1cc(F)cnc1Oc1cc(C)cc(C)c1C. The molecule has 1 heterocycles. The van der Waals surface area contributed by atoms with Gasteiger partial charge in [-0.1, -0.05) is 6.07 Å². The molecule has 1 aromatic carbocycles. The summed E-state index contributed by atoms with van der Waals surface area (Å²) >= 11 is 0. The van der Waals surface area contributed by atoms with Crippen molar-refractivity contribution in [3.05, 3.63) is 52.5 Å². The van der Waals surface area contributed by atoms with E-state index in [0.717, 1.165) is 22.4 Å². The first kappa shape index (κ1) is 14.5. The Balaban J connectivity index is 2.39. The molecule has 0 fully saturated rings. The van der Waals surface area contributed by atoms with E-state index in [1.54, 1.807) is 7.05 Å². The van der Waals surface area contributed by atoms with Crippen LogP contribution in [-0.4, -0.2) is 12.0 Å². The third-order valence-electron chi connectivity index (χ3n) is 3.23. The quantitative estimate of drug-likeness (QED) is 0.924. The number of hydrogen-bond donors (Lipinski definition) is 1. The Kier molecular flexibility index (Phi) is 4.35. The minimum absolute atomic E-state index is 0.361. The zero-order valence-corrected chi connectivity index (χ0v) is 12.2. The molecule has 0 aliphatic carbocycles. The van der Waals surface area contributed by atoms with E-state index in [-0.39, 0.29) is 5.82 Å². The molecule has 0 unspecified atom stereocenters. The second-order valence-corrected chi connectivity index (χ2v) is 4.96. The molecule has 20 heavy (non-hydrogen) atoms. The van der Waals surface area contributed by atoms with Crippen molar-refractivity contribution in [2.75, 3.05) is 7.05 Å². The van der Waals surface area contributed by atoms with Gasteiger partial charge in [0, 0.05) is 12.1 Å². The second kappa shape index (κ2) is 6.01. The molecule has 4 heteroatoms. The number of nitrogens with one attached hydrogen (secondary N) is 1. The van der Waals surface area contributed by atoms with Gasteiger partial charge < -0.3 is 10.1 Å². The van der Waals surface area contributed by atoms with Crippen LogP contribution in [0.4, 0.5) is 4.39 Å². The molecule has 0 spiro atoms. The summed E-state index contributed by atoms with van der Waals surface area (Å²) in [6.45, 7) is 6.57. The zero-order valence-electron chi connectivity index (χ0n) is 12.2. The van der Waals surface area contributed by atoms with E-state index in [1.807, 2.05) is 26.8 Å². The van der Waals surface area contributed by atoms with Crippen molar-refractivity contribution in [3.8, 4) is 11.6 Å². The van der Waals surface area contributed by atoms with Crippen LogP contribution in [0.2, 0.25) is 0 Å². The van der Waals surface area contributed by atoms with Crippen molar-refractivity contribution < 1.29 is 9.13 Å². The summed E-state index contributed by atoms with van der Waals surface area (Å²) < 4.78 is 19.2. The molecule has 3 nitrogen and oxygen atoms in total. The molecule has 1 aromatic heterocycles. The fourth-order valence-corrected chi connectivity index (χ4v) is 2.09. The van der Waals surface area contributed by atoms with Crippen LogP contribution in [0.3, 0.4) is 0 Å². The molecule has 2 rings (SSSR count). The largest absolute Gasteiger partial charge is 0.438 e. The highest BCUT2D eigenvalue weighted by Crippen LogP contribution is 2.29. The van der Waals surface area contributed by atoms with E-state index in [4.69, 9.17) is 4.74 Å². The van der Waals surface area contributed by atoms with Crippen molar-refractivity contribution in [3.63, 3.8) is 0 Å².